The fraction of sp³-hybridized carbons (Fsp3) is 0.562. The summed E-state index contributed by atoms with van der Waals surface area (Å²) in [6.07, 6.45) is 0.0920. The first-order valence-corrected chi connectivity index (χ1v) is 9.79. The number of pyridine rings is 1. The van der Waals surface area contributed by atoms with E-state index in [0.717, 1.165) is 16.8 Å². The van der Waals surface area contributed by atoms with Gasteiger partial charge in [0.25, 0.3) is 11.5 Å². The Kier molecular flexibility index (Phi) is 7.97. The average Bonchev–Trinajstić information content (AvgIpc) is 2.57. The van der Waals surface area contributed by atoms with Gasteiger partial charge in [-0.1, -0.05) is 13.8 Å². The van der Waals surface area contributed by atoms with Crippen molar-refractivity contribution in [1.29, 1.82) is 0 Å². The number of amides is 1. The summed E-state index contributed by atoms with van der Waals surface area (Å²) in [5, 5.41) is 2.51. The molecule has 0 aliphatic carbocycles. The minimum Gasteiger partial charge on any atom is -0.451 e. The highest BCUT2D eigenvalue weighted by atomic mass is 32.2. The van der Waals surface area contributed by atoms with Gasteiger partial charge in [-0.05, 0) is 19.9 Å². The van der Waals surface area contributed by atoms with Crippen molar-refractivity contribution in [2.24, 2.45) is 0 Å². The molecule has 10 heteroatoms. The van der Waals surface area contributed by atoms with Gasteiger partial charge in [0.1, 0.15) is 6.54 Å². The Morgan fingerprint density at radius 1 is 1.23 bits per heavy atom. The van der Waals surface area contributed by atoms with Gasteiger partial charge in [-0.3, -0.25) is 14.4 Å². The molecule has 0 saturated heterocycles. The second kappa shape index (κ2) is 9.48. The van der Waals surface area contributed by atoms with Crippen LogP contribution in [-0.2, 0) is 30.9 Å². The molecule has 0 unspecified atom stereocenters. The molecule has 1 amide bonds. The van der Waals surface area contributed by atoms with Crippen LogP contribution in [0.25, 0.3) is 0 Å². The number of aromatic nitrogens is 1. The highest BCUT2D eigenvalue weighted by Gasteiger charge is 2.23. The van der Waals surface area contributed by atoms with Gasteiger partial charge in [0, 0.05) is 31.9 Å². The van der Waals surface area contributed by atoms with Gasteiger partial charge in [0.05, 0.1) is 4.90 Å². The average molecular weight is 387 g/mol. The first-order valence-electron chi connectivity index (χ1n) is 8.35. The quantitative estimate of drug-likeness (QED) is 0.594. The third-order valence-electron chi connectivity index (χ3n) is 3.63. The van der Waals surface area contributed by atoms with Crippen molar-refractivity contribution in [2.75, 3.05) is 19.6 Å². The lowest BCUT2D eigenvalue weighted by Crippen LogP contribution is -2.37. The van der Waals surface area contributed by atoms with Crippen LogP contribution in [-0.4, -0.2) is 54.9 Å². The maximum atomic E-state index is 12.5. The van der Waals surface area contributed by atoms with Crippen molar-refractivity contribution in [3.63, 3.8) is 0 Å². The maximum Gasteiger partial charge on any atom is 0.326 e. The normalized spacial score (nSPS) is 12.7. The zero-order valence-electron chi connectivity index (χ0n) is 15.4. The lowest BCUT2D eigenvalue weighted by Gasteiger charge is -2.19. The van der Waals surface area contributed by atoms with Gasteiger partial charge >= 0.3 is 5.97 Å². The van der Waals surface area contributed by atoms with E-state index in [-0.39, 0.29) is 18.0 Å². The SMILES string of the molecule is CCNC(=O)[C@@H](C)OC(=O)Cn1cc(S(=O)(=O)N(CC)CC)ccc1=O. The number of nitrogens with zero attached hydrogens (tertiary/aromatic N) is 2. The van der Waals surface area contributed by atoms with Crippen LogP contribution < -0.4 is 10.9 Å². The Morgan fingerprint density at radius 3 is 2.38 bits per heavy atom. The summed E-state index contributed by atoms with van der Waals surface area (Å²) < 4.78 is 32.2. The molecule has 0 bridgehead atoms. The Labute approximate surface area is 153 Å². The molecule has 0 spiro atoms. The Hall–Kier alpha value is -2.20. The van der Waals surface area contributed by atoms with E-state index in [1.165, 1.54) is 17.3 Å². The number of carbonyl (C=O) groups is 2. The molecule has 0 aromatic carbocycles. The van der Waals surface area contributed by atoms with Crippen molar-refractivity contribution in [1.82, 2.24) is 14.2 Å². The third-order valence-corrected chi connectivity index (χ3v) is 5.66. The lowest BCUT2D eigenvalue weighted by molar-refractivity contribution is -0.155. The van der Waals surface area contributed by atoms with Crippen molar-refractivity contribution in [2.45, 2.75) is 45.2 Å². The third kappa shape index (κ3) is 5.40. The molecule has 1 aromatic heterocycles. The number of carbonyl (C=O) groups excluding carboxylic acids is 2. The molecule has 9 nitrogen and oxygen atoms in total. The van der Waals surface area contributed by atoms with Crippen LogP contribution in [0.2, 0.25) is 0 Å². The van der Waals surface area contributed by atoms with Crippen LogP contribution in [0.5, 0.6) is 0 Å². The first-order chi connectivity index (χ1) is 12.2. The van der Waals surface area contributed by atoms with Gasteiger partial charge in [0.2, 0.25) is 10.0 Å². The summed E-state index contributed by atoms with van der Waals surface area (Å²) in [6, 6.07) is 2.28. The number of likely N-dealkylation sites (N-methyl/N-ethyl adjacent to an activating group) is 1. The zero-order valence-corrected chi connectivity index (χ0v) is 16.2. The van der Waals surface area contributed by atoms with Gasteiger partial charge in [-0.15, -0.1) is 0 Å². The largest absolute Gasteiger partial charge is 0.451 e. The summed E-state index contributed by atoms with van der Waals surface area (Å²) in [5.41, 5.74) is -0.550. The van der Waals surface area contributed by atoms with E-state index in [2.05, 4.69) is 5.32 Å². The van der Waals surface area contributed by atoms with E-state index in [1.807, 2.05) is 0 Å². The topological polar surface area (TPSA) is 115 Å². The van der Waals surface area contributed by atoms with E-state index < -0.39 is 40.1 Å². The highest BCUT2D eigenvalue weighted by molar-refractivity contribution is 7.89. The molecule has 1 aromatic rings. The molecule has 0 saturated carbocycles. The van der Waals surface area contributed by atoms with E-state index in [9.17, 15) is 22.8 Å². The van der Waals surface area contributed by atoms with Crippen molar-refractivity contribution >= 4 is 21.9 Å². The predicted molar refractivity (Wildman–Crippen MR) is 95.0 cm³/mol. The van der Waals surface area contributed by atoms with Gasteiger partial charge < -0.3 is 14.6 Å². The molecule has 1 atom stereocenters. The molecule has 1 rings (SSSR count). The molecule has 146 valence electrons. The van der Waals surface area contributed by atoms with E-state index >= 15 is 0 Å². The van der Waals surface area contributed by atoms with Gasteiger partial charge in [0.15, 0.2) is 6.10 Å². The standard InChI is InChI=1S/C16H25N3O6S/c1-5-17-16(22)12(4)25-15(21)11-18-10-13(8-9-14(18)20)26(23,24)19(6-2)7-3/h8-10,12H,5-7,11H2,1-4H3,(H,17,22)/t12-/m1/s1. The number of sulfonamides is 1. The monoisotopic (exact) mass is 387 g/mol. The van der Waals surface area contributed by atoms with Gasteiger partial charge in [-0.25, -0.2) is 8.42 Å². The summed E-state index contributed by atoms with van der Waals surface area (Å²) in [4.78, 5) is 35.4. The number of nitrogens with one attached hydrogen (secondary N) is 1. The van der Waals surface area contributed by atoms with E-state index in [4.69, 9.17) is 4.74 Å². The minimum absolute atomic E-state index is 0.0922. The summed E-state index contributed by atoms with van der Waals surface area (Å²) >= 11 is 0. The van der Waals surface area contributed by atoms with Crippen LogP contribution in [0, 0.1) is 0 Å². The smallest absolute Gasteiger partial charge is 0.326 e. The van der Waals surface area contributed by atoms with Gasteiger partial charge in [-0.2, -0.15) is 4.31 Å². The number of hydrogen-bond acceptors (Lipinski definition) is 6. The van der Waals surface area contributed by atoms with Crippen molar-refractivity contribution in [3.05, 3.63) is 28.7 Å². The van der Waals surface area contributed by atoms with Crippen LogP contribution in [0.1, 0.15) is 27.7 Å². The second-order valence-corrected chi connectivity index (χ2v) is 7.38. The van der Waals surface area contributed by atoms with Crippen LogP contribution >= 0.6 is 0 Å². The molecule has 0 aliphatic rings. The Morgan fingerprint density at radius 2 is 1.85 bits per heavy atom. The lowest BCUT2D eigenvalue weighted by atomic mass is 10.3. The summed E-state index contributed by atoms with van der Waals surface area (Å²) in [7, 11) is -3.76. The Balaban J connectivity index is 3.00. The van der Waals surface area contributed by atoms with Crippen molar-refractivity contribution < 1.29 is 22.7 Å². The fourth-order valence-corrected chi connectivity index (χ4v) is 3.72. The van der Waals surface area contributed by atoms with Crippen LogP contribution in [0.4, 0.5) is 0 Å². The minimum atomic E-state index is -3.76. The molecular formula is C16H25N3O6S. The second-order valence-electron chi connectivity index (χ2n) is 5.45. The predicted octanol–water partition coefficient (Wildman–Crippen LogP) is -0.0534. The number of rotatable bonds is 9. The molecule has 0 fully saturated rings. The molecule has 1 heterocycles. The summed E-state index contributed by atoms with van der Waals surface area (Å²) in [6.45, 7) is 7.01. The molecule has 1 N–H and O–H groups in total. The Bertz CT molecular complexity index is 798. The van der Waals surface area contributed by atoms with Crippen LogP contribution in [0.15, 0.2) is 28.0 Å². The number of hydrogen-bond donors (Lipinski definition) is 1. The van der Waals surface area contributed by atoms with Crippen LogP contribution in [0.3, 0.4) is 0 Å². The molecule has 0 aliphatic heterocycles. The summed E-state index contributed by atoms with van der Waals surface area (Å²) in [5.74, 6) is -1.27. The van der Waals surface area contributed by atoms with Crippen molar-refractivity contribution in [3.8, 4) is 0 Å². The number of ether oxygens (including phenoxy) is 1. The van der Waals surface area contributed by atoms with E-state index in [1.54, 1.807) is 20.8 Å². The highest BCUT2D eigenvalue weighted by Crippen LogP contribution is 2.13. The number of esters is 1. The fourth-order valence-electron chi connectivity index (χ4n) is 2.24. The first kappa shape index (κ1) is 21.8. The molecule has 26 heavy (non-hydrogen) atoms. The molecule has 0 radical (unpaired) electrons. The maximum absolute atomic E-state index is 12.5. The zero-order chi connectivity index (χ0) is 19.9. The molecular weight excluding hydrogens is 362 g/mol. The van der Waals surface area contributed by atoms with E-state index in [0.29, 0.717) is 6.54 Å².